The number of halogens is 1. The van der Waals surface area contributed by atoms with E-state index in [1.165, 1.54) is 50.0 Å². The molecule has 3 atom stereocenters. The van der Waals surface area contributed by atoms with Crippen LogP contribution in [-0.2, 0) is 4.74 Å². The van der Waals surface area contributed by atoms with Crippen molar-refractivity contribution in [1.82, 2.24) is 15.5 Å². The van der Waals surface area contributed by atoms with E-state index in [1.54, 1.807) is 0 Å². The molecule has 2 aliphatic rings. The summed E-state index contributed by atoms with van der Waals surface area (Å²) in [6.07, 6.45) is 5.12. The normalized spacial score (nSPS) is 25.2. The number of nitrogens with zero attached hydrogens (tertiary/aromatic N) is 2. The third-order valence-corrected chi connectivity index (χ3v) is 6.39. The van der Waals surface area contributed by atoms with Crippen molar-refractivity contribution in [2.45, 2.75) is 52.6 Å². The van der Waals surface area contributed by atoms with E-state index in [0.717, 1.165) is 38.0 Å². The maximum Gasteiger partial charge on any atom is 0.190 e. The van der Waals surface area contributed by atoms with Crippen molar-refractivity contribution in [3.05, 3.63) is 35.4 Å². The highest BCUT2D eigenvalue weighted by Gasteiger charge is 2.27. The molecule has 2 fully saturated rings. The quantitative estimate of drug-likeness (QED) is 0.300. The molecule has 5 nitrogen and oxygen atoms in total. The van der Waals surface area contributed by atoms with Gasteiger partial charge >= 0.3 is 0 Å². The predicted octanol–water partition coefficient (Wildman–Crippen LogP) is 4.61. The Labute approximate surface area is 206 Å². The van der Waals surface area contributed by atoms with Gasteiger partial charge in [-0.3, -0.25) is 4.99 Å². The molecule has 0 saturated carbocycles. The first-order valence-electron chi connectivity index (χ1n) is 11.9. The number of ether oxygens (including phenoxy) is 1. The lowest BCUT2D eigenvalue weighted by atomic mass is 9.89. The largest absolute Gasteiger partial charge is 0.373 e. The highest BCUT2D eigenvalue weighted by Crippen LogP contribution is 2.33. The van der Waals surface area contributed by atoms with Gasteiger partial charge in [0.15, 0.2) is 5.96 Å². The Morgan fingerprint density at radius 3 is 2.58 bits per heavy atom. The van der Waals surface area contributed by atoms with Crippen molar-refractivity contribution < 1.29 is 4.74 Å². The molecule has 0 amide bonds. The molecule has 3 rings (SSSR count). The van der Waals surface area contributed by atoms with Crippen molar-refractivity contribution in [2.24, 2.45) is 22.7 Å². The molecule has 2 saturated heterocycles. The van der Waals surface area contributed by atoms with E-state index in [-0.39, 0.29) is 30.1 Å². The van der Waals surface area contributed by atoms with Gasteiger partial charge in [-0.05, 0) is 56.6 Å². The summed E-state index contributed by atoms with van der Waals surface area (Å²) in [4.78, 5) is 7.10. The van der Waals surface area contributed by atoms with Gasteiger partial charge in [-0.25, -0.2) is 0 Å². The van der Waals surface area contributed by atoms with E-state index in [0.29, 0.717) is 11.8 Å². The van der Waals surface area contributed by atoms with Crippen molar-refractivity contribution in [3.8, 4) is 0 Å². The van der Waals surface area contributed by atoms with Gasteiger partial charge in [-0.2, -0.15) is 0 Å². The van der Waals surface area contributed by atoms with Crippen LogP contribution in [0.5, 0.6) is 0 Å². The summed E-state index contributed by atoms with van der Waals surface area (Å²) in [5, 5.41) is 7.16. The third kappa shape index (κ3) is 8.54. The van der Waals surface area contributed by atoms with Crippen LogP contribution in [0.1, 0.15) is 56.8 Å². The summed E-state index contributed by atoms with van der Waals surface area (Å²) >= 11 is 0. The molecule has 6 heteroatoms. The van der Waals surface area contributed by atoms with Crippen LogP contribution in [-0.4, -0.2) is 57.2 Å². The van der Waals surface area contributed by atoms with E-state index >= 15 is 0 Å². The van der Waals surface area contributed by atoms with E-state index in [4.69, 9.17) is 4.74 Å². The maximum absolute atomic E-state index is 6.18. The minimum atomic E-state index is 0. The van der Waals surface area contributed by atoms with Gasteiger partial charge in [0.1, 0.15) is 0 Å². The van der Waals surface area contributed by atoms with Crippen molar-refractivity contribution in [3.63, 3.8) is 0 Å². The summed E-state index contributed by atoms with van der Waals surface area (Å²) in [6.45, 7) is 13.2. The number of rotatable bonds is 7. The number of hydrogen-bond acceptors (Lipinski definition) is 3. The highest BCUT2D eigenvalue weighted by atomic mass is 127. The zero-order valence-corrected chi connectivity index (χ0v) is 22.2. The SMILES string of the molecule is CN=C(NCC1CCCN(CC(C)C)C1)NCC1CCCOC1c1ccc(C)cc1.I. The Hall–Kier alpha value is -0.860. The second-order valence-corrected chi connectivity index (χ2v) is 9.60. The fourth-order valence-corrected chi connectivity index (χ4v) is 4.87. The summed E-state index contributed by atoms with van der Waals surface area (Å²) in [5.41, 5.74) is 2.59. The van der Waals surface area contributed by atoms with Gasteiger partial charge in [0.25, 0.3) is 0 Å². The van der Waals surface area contributed by atoms with Crippen LogP contribution in [0, 0.1) is 24.7 Å². The van der Waals surface area contributed by atoms with Crippen LogP contribution in [0.2, 0.25) is 0 Å². The average molecular weight is 543 g/mol. The summed E-state index contributed by atoms with van der Waals surface area (Å²) in [7, 11) is 1.87. The number of likely N-dealkylation sites (tertiary alicyclic amines) is 1. The zero-order valence-electron chi connectivity index (χ0n) is 19.9. The van der Waals surface area contributed by atoms with Crippen molar-refractivity contribution in [2.75, 3.05) is 46.4 Å². The molecule has 3 unspecified atom stereocenters. The molecule has 0 radical (unpaired) electrons. The second kappa shape index (κ2) is 13.6. The molecule has 176 valence electrons. The predicted molar refractivity (Wildman–Crippen MR) is 141 cm³/mol. The lowest BCUT2D eigenvalue weighted by Crippen LogP contribution is -2.46. The number of guanidine groups is 1. The number of hydrogen-bond donors (Lipinski definition) is 2. The van der Waals surface area contributed by atoms with Crippen LogP contribution in [0.3, 0.4) is 0 Å². The first-order valence-corrected chi connectivity index (χ1v) is 11.9. The standard InChI is InChI=1S/C25H42N4O.HI/c1-19(2)17-29-13-5-7-21(18-29)15-27-25(26-4)28-16-23-8-6-14-30-24(23)22-11-9-20(3)10-12-22;/h9-12,19,21,23-24H,5-8,13-18H2,1-4H3,(H2,26,27,28);1H. The average Bonchev–Trinajstić information content (AvgIpc) is 2.74. The topological polar surface area (TPSA) is 48.9 Å². The number of piperidine rings is 1. The van der Waals surface area contributed by atoms with Crippen LogP contribution in [0.15, 0.2) is 29.3 Å². The van der Waals surface area contributed by atoms with E-state index < -0.39 is 0 Å². The highest BCUT2D eigenvalue weighted by molar-refractivity contribution is 14.0. The molecule has 1 aromatic carbocycles. The number of benzene rings is 1. The van der Waals surface area contributed by atoms with Crippen molar-refractivity contribution >= 4 is 29.9 Å². The van der Waals surface area contributed by atoms with Gasteiger partial charge in [-0.1, -0.05) is 43.7 Å². The fraction of sp³-hybridized carbons (Fsp3) is 0.720. The van der Waals surface area contributed by atoms with Gasteiger partial charge < -0.3 is 20.3 Å². The van der Waals surface area contributed by atoms with Crippen LogP contribution in [0.25, 0.3) is 0 Å². The summed E-state index contributed by atoms with van der Waals surface area (Å²) in [6, 6.07) is 8.81. The Morgan fingerprint density at radius 1 is 1.13 bits per heavy atom. The Kier molecular flexibility index (Phi) is 11.6. The Balaban J connectivity index is 0.00000341. The van der Waals surface area contributed by atoms with E-state index in [1.807, 2.05) is 7.05 Å². The lowest BCUT2D eigenvalue weighted by molar-refractivity contribution is -0.0265. The molecule has 31 heavy (non-hydrogen) atoms. The molecule has 2 heterocycles. The molecule has 2 N–H and O–H groups in total. The van der Waals surface area contributed by atoms with Gasteiger partial charge in [0.2, 0.25) is 0 Å². The maximum atomic E-state index is 6.18. The summed E-state index contributed by atoms with van der Waals surface area (Å²) in [5.74, 6) is 2.83. The van der Waals surface area contributed by atoms with Crippen LogP contribution >= 0.6 is 24.0 Å². The van der Waals surface area contributed by atoms with Crippen LogP contribution in [0.4, 0.5) is 0 Å². The van der Waals surface area contributed by atoms with Crippen LogP contribution < -0.4 is 10.6 Å². The Morgan fingerprint density at radius 2 is 1.87 bits per heavy atom. The van der Waals surface area contributed by atoms with Gasteiger partial charge in [-0.15, -0.1) is 24.0 Å². The smallest absolute Gasteiger partial charge is 0.190 e. The van der Waals surface area contributed by atoms with Gasteiger partial charge in [0, 0.05) is 45.8 Å². The minimum Gasteiger partial charge on any atom is -0.373 e. The number of aliphatic imine (C=N–C) groups is 1. The zero-order chi connectivity index (χ0) is 21.3. The van der Waals surface area contributed by atoms with E-state index in [9.17, 15) is 0 Å². The molecule has 1 aromatic rings. The number of nitrogens with one attached hydrogen (secondary N) is 2. The monoisotopic (exact) mass is 542 g/mol. The molecule has 0 bridgehead atoms. The fourth-order valence-electron chi connectivity index (χ4n) is 4.87. The van der Waals surface area contributed by atoms with Crippen molar-refractivity contribution in [1.29, 1.82) is 0 Å². The minimum absolute atomic E-state index is 0. The molecule has 0 aromatic heterocycles. The Bertz CT molecular complexity index is 664. The first kappa shape index (κ1) is 26.4. The molecular formula is C25H43IN4O. The third-order valence-electron chi connectivity index (χ3n) is 6.39. The molecule has 0 aliphatic carbocycles. The number of aryl methyl sites for hydroxylation is 1. The molecular weight excluding hydrogens is 499 g/mol. The van der Waals surface area contributed by atoms with Gasteiger partial charge in [0.05, 0.1) is 6.10 Å². The molecule has 0 spiro atoms. The molecule has 2 aliphatic heterocycles. The lowest BCUT2D eigenvalue weighted by Gasteiger charge is -2.34. The van der Waals surface area contributed by atoms with E-state index in [2.05, 4.69) is 65.6 Å². The first-order chi connectivity index (χ1) is 14.5. The summed E-state index contributed by atoms with van der Waals surface area (Å²) < 4.78 is 6.18. The second-order valence-electron chi connectivity index (χ2n) is 9.60.